The molecule has 0 bridgehead atoms. The molecule has 3 aromatic rings. The van der Waals surface area contributed by atoms with Gasteiger partial charge in [-0.25, -0.2) is 4.39 Å². The second-order valence-corrected chi connectivity index (χ2v) is 9.28. The highest BCUT2D eigenvalue weighted by molar-refractivity contribution is 7.99. The summed E-state index contributed by atoms with van der Waals surface area (Å²) in [5.74, 6) is 0.111. The molecule has 0 aliphatic carbocycles. The van der Waals surface area contributed by atoms with E-state index in [4.69, 9.17) is 0 Å². The van der Waals surface area contributed by atoms with E-state index in [-0.39, 0.29) is 23.9 Å². The second-order valence-electron chi connectivity index (χ2n) is 7.94. The number of para-hydroxylation sites is 1. The van der Waals surface area contributed by atoms with Gasteiger partial charge in [0.05, 0.1) is 17.5 Å². The smallest absolute Gasteiger partial charge is 0.234 e. The zero-order chi connectivity index (χ0) is 23.1. The van der Waals surface area contributed by atoms with Crippen molar-refractivity contribution in [1.82, 2.24) is 0 Å². The molecule has 0 saturated heterocycles. The summed E-state index contributed by atoms with van der Waals surface area (Å²) in [7, 11) is 0. The van der Waals surface area contributed by atoms with E-state index in [1.807, 2.05) is 24.3 Å². The average Bonchev–Trinajstić information content (AvgIpc) is 2.77. The van der Waals surface area contributed by atoms with Crippen molar-refractivity contribution in [2.75, 3.05) is 16.4 Å². The Labute approximate surface area is 192 Å². The fourth-order valence-corrected chi connectivity index (χ4v) is 3.87. The summed E-state index contributed by atoms with van der Waals surface area (Å²) in [5, 5.41) is 5.54. The van der Waals surface area contributed by atoms with Crippen LogP contribution in [0.1, 0.15) is 31.9 Å². The summed E-state index contributed by atoms with van der Waals surface area (Å²) < 4.78 is 13.9. The number of amides is 2. The van der Waals surface area contributed by atoms with Crippen molar-refractivity contribution in [3.63, 3.8) is 0 Å². The molecule has 166 valence electrons. The number of thioether (sulfide) groups is 1. The predicted molar refractivity (Wildman–Crippen MR) is 130 cm³/mol. The molecule has 32 heavy (non-hydrogen) atoms. The van der Waals surface area contributed by atoms with Crippen LogP contribution in [0.15, 0.2) is 77.7 Å². The highest BCUT2D eigenvalue weighted by Gasteiger charge is 2.30. The van der Waals surface area contributed by atoms with Gasteiger partial charge in [-0.1, -0.05) is 43.3 Å². The van der Waals surface area contributed by atoms with E-state index < -0.39 is 11.2 Å². The minimum Gasteiger partial charge on any atom is -0.326 e. The lowest BCUT2D eigenvalue weighted by atomic mass is 9.83. The number of halogens is 1. The first-order chi connectivity index (χ1) is 15.3. The van der Waals surface area contributed by atoms with Gasteiger partial charge < -0.3 is 10.6 Å². The summed E-state index contributed by atoms with van der Waals surface area (Å²) in [5.41, 5.74) is 1.63. The van der Waals surface area contributed by atoms with Gasteiger partial charge in [0, 0.05) is 10.6 Å². The van der Waals surface area contributed by atoms with Gasteiger partial charge in [-0.05, 0) is 67.1 Å². The number of carbonyl (C=O) groups is 2. The zero-order valence-electron chi connectivity index (χ0n) is 18.4. The Morgan fingerprint density at radius 1 is 0.906 bits per heavy atom. The predicted octanol–water partition coefficient (Wildman–Crippen LogP) is 6.04. The second kappa shape index (κ2) is 10.5. The lowest BCUT2D eigenvalue weighted by Gasteiger charge is -2.24. The van der Waals surface area contributed by atoms with Gasteiger partial charge in [0.25, 0.3) is 0 Å². The Morgan fingerprint density at radius 3 is 2.19 bits per heavy atom. The number of carbonyl (C=O) groups excluding carboxylic acids is 2. The van der Waals surface area contributed by atoms with Crippen molar-refractivity contribution in [3.8, 4) is 0 Å². The Hall–Kier alpha value is -3.12. The van der Waals surface area contributed by atoms with E-state index in [9.17, 15) is 14.0 Å². The number of benzene rings is 3. The van der Waals surface area contributed by atoms with Crippen LogP contribution in [0, 0.1) is 5.82 Å². The lowest BCUT2D eigenvalue weighted by molar-refractivity contribution is -0.120. The molecule has 0 heterocycles. The van der Waals surface area contributed by atoms with E-state index in [0.29, 0.717) is 5.69 Å². The van der Waals surface area contributed by atoms with Gasteiger partial charge in [-0.2, -0.15) is 0 Å². The van der Waals surface area contributed by atoms with Crippen molar-refractivity contribution >= 4 is 35.0 Å². The van der Waals surface area contributed by atoms with Crippen LogP contribution in [0.2, 0.25) is 0 Å². The highest BCUT2D eigenvalue weighted by atomic mass is 32.2. The third kappa shape index (κ3) is 5.98. The Morgan fingerprint density at radius 2 is 1.56 bits per heavy atom. The van der Waals surface area contributed by atoms with Gasteiger partial charge in [0.1, 0.15) is 5.82 Å². The quantitative estimate of drug-likeness (QED) is 0.412. The van der Waals surface area contributed by atoms with Crippen molar-refractivity contribution in [2.24, 2.45) is 0 Å². The van der Waals surface area contributed by atoms with E-state index in [2.05, 4.69) is 17.6 Å². The molecule has 0 atom stereocenters. The molecule has 0 aliphatic heterocycles. The van der Waals surface area contributed by atoms with Crippen molar-refractivity contribution in [2.45, 2.75) is 37.5 Å². The molecule has 0 spiro atoms. The van der Waals surface area contributed by atoms with Crippen molar-refractivity contribution in [1.29, 1.82) is 0 Å². The van der Waals surface area contributed by atoms with Crippen LogP contribution < -0.4 is 10.6 Å². The fraction of sp³-hybridized carbons (Fsp3) is 0.231. The molecule has 0 saturated carbocycles. The summed E-state index contributed by atoms with van der Waals surface area (Å²) in [4.78, 5) is 26.4. The maximum absolute atomic E-state index is 13.9. The van der Waals surface area contributed by atoms with Gasteiger partial charge in [0.2, 0.25) is 11.8 Å². The third-order valence-electron chi connectivity index (χ3n) is 5.18. The molecule has 0 unspecified atom stereocenters. The summed E-state index contributed by atoms with van der Waals surface area (Å²) >= 11 is 1.76. The standard InChI is InChI=1S/C26H27FN2O2S/c1-4-32-21-15-9-18(10-16-21)17-24(30)28-20-13-11-19(12-14-20)26(2,3)25(31)29-23-8-6-5-7-22(23)27/h5-16H,4,17H2,1-3H3,(H,28,30)(H,29,31). The van der Waals surface area contributed by atoms with Crippen molar-refractivity contribution < 1.29 is 14.0 Å². The molecular formula is C26H27FN2O2S. The minimum absolute atomic E-state index is 0.106. The molecule has 2 N–H and O–H groups in total. The third-order valence-corrected chi connectivity index (χ3v) is 6.07. The Balaban J connectivity index is 1.61. The molecule has 0 fully saturated rings. The van der Waals surface area contributed by atoms with Gasteiger partial charge in [0.15, 0.2) is 0 Å². The van der Waals surface area contributed by atoms with Crippen LogP contribution in [-0.2, 0) is 21.4 Å². The summed E-state index contributed by atoms with van der Waals surface area (Å²) in [6.07, 6.45) is 0.287. The lowest BCUT2D eigenvalue weighted by Crippen LogP contribution is -2.35. The van der Waals surface area contributed by atoms with Crippen molar-refractivity contribution in [3.05, 3.63) is 89.7 Å². The minimum atomic E-state index is -0.886. The first-order valence-electron chi connectivity index (χ1n) is 10.5. The maximum Gasteiger partial charge on any atom is 0.234 e. The number of anilines is 2. The largest absolute Gasteiger partial charge is 0.326 e. The van der Waals surface area contributed by atoms with E-state index in [1.165, 1.54) is 17.0 Å². The normalized spacial score (nSPS) is 11.1. The first-order valence-corrected chi connectivity index (χ1v) is 11.5. The van der Waals surface area contributed by atoms with Crippen LogP contribution in [-0.4, -0.2) is 17.6 Å². The SMILES string of the molecule is CCSc1ccc(CC(=O)Nc2ccc(C(C)(C)C(=O)Nc3ccccc3F)cc2)cc1. The van der Waals surface area contributed by atoms with E-state index in [1.54, 1.807) is 62.0 Å². The molecule has 6 heteroatoms. The topological polar surface area (TPSA) is 58.2 Å². The number of rotatable bonds is 8. The van der Waals surface area contributed by atoms with Gasteiger partial charge >= 0.3 is 0 Å². The van der Waals surface area contributed by atoms with Crippen LogP contribution in [0.4, 0.5) is 15.8 Å². The van der Waals surface area contributed by atoms with E-state index in [0.717, 1.165) is 16.9 Å². The zero-order valence-corrected chi connectivity index (χ0v) is 19.3. The first kappa shape index (κ1) is 23.5. The number of hydrogen-bond acceptors (Lipinski definition) is 3. The van der Waals surface area contributed by atoms with Gasteiger partial charge in [-0.15, -0.1) is 11.8 Å². The molecule has 0 aromatic heterocycles. The van der Waals surface area contributed by atoms with E-state index >= 15 is 0 Å². The molecular weight excluding hydrogens is 423 g/mol. The fourth-order valence-electron chi connectivity index (χ4n) is 3.20. The van der Waals surface area contributed by atoms with Gasteiger partial charge in [-0.3, -0.25) is 9.59 Å². The summed E-state index contributed by atoms with van der Waals surface area (Å²) in [6.45, 7) is 5.66. The Bertz CT molecular complexity index is 1080. The number of nitrogens with one attached hydrogen (secondary N) is 2. The molecule has 3 aromatic carbocycles. The number of hydrogen-bond donors (Lipinski definition) is 2. The molecule has 4 nitrogen and oxygen atoms in total. The van der Waals surface area contributed by atoms with Crippen LogP contribution in [0.25, 0.3) is 0 Å². The molecule has 2 amide bonds. The average molecular weight is 451 g/mol. The van der Waals surface area contributed by atoms with Crippen LogP contribution in [0.5, 0.6) is 0 Å². The summed E-state index contributed by atoms with van der Waals surface area (Å²) in [6, 6.07) is 21.2. The Kier molecular flexibility index (Phi) is 7.70. The van der Waals surface area contributed by atoms with Crippen LogP contribution in [0.3, 0.4) is 0 Å². The molecule has 0 radical (unpaired) electrons. The molecule has 3 rings (SSSR count). The maximum atomic E-state index is 13.9. The highest BCUT2D eigenvalue weighted by Crippen LogP contribution is 2.27. The van der Waals surface area contributed by atoms with Crippen LogP contribution >= 0.6 is 11.8 Å². The monoisotopic (exact) mass is 450 g/mol. The molecule has 0 aliphatic rings.